The first-order valence-corrected chi connectivity index (χ1v) is 14.4. The Bertz CT molecular complexity index is 1780. The first-order valence-electron chi connectivity index (χ1n) is 14.4. The van der Waals surface area contributed by atoms with E-state index in [1.165, 1.54) is 19.2 Å². The fourth-order valence-electron chi connectivity index (χ4n) is 5.85. The zero-order chi connectivity index (χ0) is 30.1. The molecule has 43 heavy (non-hydrogen) atoms. The average Bonchev–Trinajstić information content (AvgIpc) is 3.91. The Morgan fingerprint density at radius 3 is 2.58 bits per heavy atom. The molecule has 1 aromatic carbocycles. The second-order valence-corrected chi connectivity index (χ2v) is 12.0. The molecule has 1 aliphatic heterocycles. The van der Waals surface area contributed by atoms with Gasteiger partial charge in [-0.05, 0) is 75.1 Å². The Labute approximate surface area is 246 Å². The molecule has 3 aromatic heterocycles. The van der Waals surface area contributed by atoms with Crippen LogP contribution in [0.3, 0.4) is 0 Å². The van der Waals surface area contributed by atoms with Crippen LogP contribution in [-0.2, 0) is 10.2 Å². The molecule has 2 aliphatic carbocycles. The van der Waals surface area contributed by atoms with Crippen molar-refractivity contribution in [2.75, 3.05) is 20.3 Å². The number of halogens is 2. The fraction of sp³-hybridized carbons (Fsp3) is 0.375. The molecule has 4 heterocycles. The highest BCUT2D eigenvalue weighted by atomic mass is 19.1. The van der Waals surface area contributed by atoms with Gasteiger partial charge in [0.05, 0.1) is 24.2 Å². The van der Waals surface area contributed by atoms with E-state index in [2.05, 4.69) is 10.4 Å². The summed E-state index contributed by atoms with van der Waals surface area (Å²) in [6.45, 7) is 1.63. The maximum Gasteiger partial charge on any atom is 0.251 e. The second-order valence-electron chi connectivity index (χ2n) is 12.0. The van der Waals surface area contributed by atoms with Crippen LogP contribution in [0, 0.1) is 5.82 Å². The van der Waals surface area contributed by atoms with Crippen LogP contribution < -0.4 is 20.5 Å². The van der Waals surface area contributed by atoms with E-state index in [0.29, 0.717) is 58.5 Å². The lowest BCUT2D eigenvalue weighted by molar-refractivity contribution is -0.123. The maximum absolute atomic E-state index is 16.0. The minimum Gasteiger partial charge on any atom is -0.489 e. The third-order valence-corrected chi connectivity index (χ3v) is 8.94. The van der Waals surface area contributed by atoms with Crippen LogP contribution in [0.4, 0.5) is 8.78 Å². The predicted octanol–water partition coefficient (Wildman–Crippen LogP) is 4.57. The highest BCUT2D eigenvalue weighted by Crippen LogP contribution is 2.52. The molecular weight excluding hydrogens is 556 g/mol. The van der Waals surface area contributed by atoms with Crippen molar-refractivity contribution in [1.82, 2.24) is 19.9 Å². The van der Waals surface area contributed by atoms with Crippen LogP contribution >= 0.6 is 0 Å². The van der Waals surface area contributed by atoms with Gasteiger partial charge in [-0.15, -0.1) is 0 Å². The predicted molar refractivity (Wildman–Crippen MR) is 154 cm³/mol. The van der Waals surface area contributed by atoms with Crippen molar-refractivity contribution in [3.05, 3.63) is 76.9 Å². The Kier molecular flexibility index (Phi) is 6.19. The molecule has 0 radical (unpaired) electrons. The van der Waals surface area contributed by atoms with E-state index in [1.807, 2.05) is 6.07 Å². The number of carbonyl (C=O) groups excluding carboxylic acids is 2. The summed E-state index contributed by atoms with van der Waals surface area (Å²) < 4.78 is 42.9. The Balaban J connectivity index is 1.24. The highest BCUT2D eigenvalue weighted by molar-refractivity contribution is 5.96. The summed E-state index contributed by atoms with van der Waals surface area (Å²) in [5, 5.41) is 7.53. The molecule has 3 N–H and O–H groups in total. The maximum atomic E-state index is 16.0. The monoisotopic (exact) mass is 587 g/mol. The van der Waals surface area contributed by atoms with Gasteiger partial charge >= 0.3 is 0 Å². The van der Waals surface area contributed by atoms with Gasteiger partial charge in [-0.1, -0.05) is 0 Å². The lowest BCUT2D eigenvalue weighted by atomic mass is 9.82. The molecule has 2 atom stereocenters. The number of ether oxygens (including phenoxy) is 2. The molecule has 0 unspecified atom stereocenters. The lowest BCUT2D eigenvalue weighted by Crippen LogP contribution is -2.40. The zero-order valence-corrected chi connectivity index (χ0v) is 23.8. The van der Waals surface area contributed by atoms with Crippen LogP contribution in [0.2, 0.25) is 0 Å². The van der Waals surface area contributed by atoms with Crippen molar-refractivity contribution in [3.63, 3.8) is 0 Å². The quantitative estimate of drug-likeness (QED) is 0.296. The number of benzene rings is 1. The Morgan fingerprint density at radius 1 is 1.19 bits per heavy atom. The van der Waals surface area contributed by atoms with Gasteiger partial charge in [-0.2, -0.15) is 5.10 Å². The number of amides is 2. The number of carbonyl (C=O) groups is 2. The molecule has 0 bridgehead atoms. The van der Waals surface area contributed by atoms with E-state index in [0.717, 1.165) is 24.1 Å². The number of rotatable bonds is 9. The van der Waals surface area contributed by atoms with Crippen LogP contribution in [0.15, 0.2) is 48.5 Å². The van der Waals surface area contributed by atoms with Crippen LogP contribution in [0.1, 0.15) is 71.8 Å². The number of nitrogens with zero attached hydrogens (tertiary/aromatic N) is 3. The average molecular weight is 588 g/mol. The van der Waals surface area contributed by atoms with Crippen molar-refractivity contribution in [2.24, 2.45) is 5.73 Å². The van der Waals surface area contributed by atoms with Gasteiger partial charge in [0, 0.05) is 40.9 Å². The number of hydrogen-bond donors (Lipinski definition) is 2. The van der Waals surface area contributed by atoms with Crippen LogP contribution in [0.25, 0.3) is 16.8 Å². The van der Waals surface area contributed by atoms with Crippen molar-refractivity contribution in [2.45, 2.75) is 55.5 Å². The molecule has 3 aliphatic rings. The van der Waals surface area contributed by atoms with Crippen molar-refractivity contribution in [3.8, 4) is 22.9 Å². The minimum absolute atomic E-state index is 0.000527. The van der Waals surface area contributed by atoms with Gasteiger partial charge in [-0.3, -0.25) is 9.59 Å². The topological polar surface area (TPSA) is 121 Å². The summed E-state index contributed by atoms with van der Waals surface area (Å²) in [6, 6.07) is 12.7. The normalized spacial score (nSPS) is 20.7. The molecular formula is C32H31F2N5O4. The Morgan fingerprint density at radius 2 is 1.93 bits per heavy atom. The zero-order valence-electron chi connectivity index (χ0n) is 23.8. The number of fused-ring (bicyclic) bond motifs is 2. The third kappa shape index (κ3) is 4.67. The van der Waals surface area contributed by atoms with E-state index >= 15 is 4.39 Å². The first kappa shape index (κ1) is 27.3. The number of nitrogens with two attached hydrogens (primary N) is 1. The van der Waals surface area contributed by atoms with Crippen LogP contribution in [-0.4, -0.2) is 52.3 Å². The molecule has 222 valence electrons. The van der Waals surface area contributed by atoms with Crippen molar-refractivity contribution in [1.29, 1.82) is 0 Å². The van der Waals surface area contributed by atoms with Gasteiger partial charge < -0.3 is 20.5 Å². The number of nitrogens with one attached hydrogen (secondary N) is 1. The van der Waals surface area contributed by atoms with E-state index in [4.69, 9.17) is 20.2 Å². The van der Waals surface area contributed by atoms with Gasteiger partial charge in [0.15, 0.2) is 0 Å². The smallest absolute Gasteiger partial charge is 0.251 e. The second kappa shape index (κ2) is 9.75. The minimum atomic E-state index is -1.59. The van der Waals surface area contributed by atoms with Crippen LogP contribution in [0.5, 0.6) is 11.6 Å². The molecule has 2 amide bonds. The van der Waals surface area contributed by atoms with Crippen molar-refractivity contribution < 1.29 is 27.8 Å². The molecule has 2 fully saturated rings. The molecule has 11 heteroatoms. The third-order valence-electron chi connectivity index (χ3n) is 8.94. The largest absolute Gasteiger partial charge is 0.489 e. The number of hydrogen-bond acceptors (Lipinski definition) is 6. The fourth-order valence-corrected chi connectivity index (χ4v) is 5.85. The highest BCUT2D eigenvalue weighted by Gasteiger charge is 2.53. The molecule has 0 saturated heterocycles. The summed E-state index contributed by atoms with van der Waals surface area (Å²) in [5.41, 5.74) is 6.85. The first-order chi connectivity index (χ1) is 20.6. The van der Waals surface area contributed by atoms with E-state index < -0.39 is 34.6 Å². The standard InChI is InChI=1S/C32H31F2N5O4/c1-31(30(35)41)16-43-28-22(31)14-25(37-27(28)18-5-7-20(33)8-6-18)23(32(34)9-10-32)15-36-29(40)19-11-21-13-24(17-3-4-17)38-39(21)26(12-19)42-2/h5-8,11-14,17,23H,3-4,9-10,15-16H2,1-2H3,(H2,35,41)(H,36,40)/t23-,31+/m1/s1. The van der Waals surface area contributed by atoms with E-state index in [9.17, 15) is 14.0 Å². The Hall–Kier alpha value is -4.54. The summed E-state index contributed by atoms with van der Waals surface area (Å²) in [6.07, 6.45) is 2.80. The molecule has 2 saturated carbocycles. The van der Waals surface area contributed by atoms with E-state index in [1.54, 1.807) is 41.8 Å². The number of primary amides is 1. The molecule has 4 aromatic rings. The number of methoxy groups -OCH3 is 1. The molecule has 7 rings (SSSR count). The lowest BCUT2D eigenvalue weighted by Gasteiger charge is -2.24. The van der Waals surface area contributed by atoms with Gasteiger partial charge in [0.1, 0.15) is 35.0 Å². The van der Waals surface area contributed by atoms with Gasteiger partial charge in [0.25, 0.3) is 5.91 Å². The molecule has 0 spiro atoms. The van der Waals surface area contributed by atoms with Gasteiger partial charge in [-0.25, -0.2) is 18.3 Å². The SMILES string of the molecule is COc1cc(C(=O)NC[C@H](c2cc3c(c(-c4ccc(F)cc4)n2)OC[C@]3(C)C(N)=O)C2(F)CC2)cc2cc(C3CC3)nn12. The number of aromatic nitrogens is 3. The summed E-state index contributed by atoms with van der Waals surface area (Å²) in [5.74, 6) is -1.01. The summed E-state index contributed by atoms with van der Waals surface area (Å²) in [7, 11) is 1.52. The molecule has 9 nitrogen and oxygen atoms in total. The van der Waals surface area contributed by atoms with E-state index in [-0.39, 0.29) is 13.2 Å². The summed E-state index contributed by atoms with van der Waals surface area (Å²) >= 11 is 0. The van der Waals surface area contributed by atoms with Crippen molar-refractivity contribution >= 4 is 17.3 Å². The van der Waals surface area contributed by atoms with Gasteiger partial charge in [0.2, 0.25) is 11.8 Å². The number of alkyl halides is 1. The summed E-state index contributed by atoms with van der Waals surface area (Å²) in [4.78, 5) is 30.8. The number of pyridine rings is 2.